The molecular formula is C39H49F3N4O6. The minimum absolute atomic E-state index is 0.112. The van der Waals surface area contributed by atoms with E-state index in [4.69, 9.17) is 14.2 Å². The Morgan fingerprint density at radius 2 is 1.69 bits per heavy atom. The van der Waals surface area contributed by atoms with Crippen LogP contribution in [0.15, 0.2) is 54.6 Å². The third-order valence-corrected chi connectivity index (χ3v) is 12.6. The fourth-order valence-electron chi connectivity index (χ4n) is 10.4. The van der Waals surface area contributed by atoms with Gasteiger partial charge in [0.2, 0.25) is 5.60 Å². The molecule has 2 saturated heterocycles. The number of likely N-dealkylation sites (N-methyl/N-ethyl adjacent to an activating group) is 1. The number of carbonyl (C=O) groups is 2. The van der Waals surface area contributed by atoms with Crippen LogP contribution in [-0.4, -0.2) is 123 Å². The Labute approximate surface area is 303 Å². The summed E-state index contributed by atoms with van der Waals surface area (Å²) in [5, 5.41) is 13.0. The van der Waals surface area contributed by atoms with Crippen molar-refractivity contribution in [3.8, 4) is 5.75 Å². The van der Waals surface area contributed by atoms with Crippen LogP contribution >= 0.6 is 0 Å². The molecule has 4 heterocycles. The molecule has 3 fully saturated rings. The number of halogens is 3. The molecule has 282 valence electrons. The predicted octanol–water partition coefficient (Wildman–Crippen LogP) is 4.24. The number of aliphatic hydroxyl groups is 1. The maximum Gasteiger partial charge on any atom is 0.416 e. The number of benzene rings is 2. The summed E-state index contributed by atoms with van der Waals surface area (Å²) in [6.07, 6.45) is 0.493. The number of methoxy groups -OCH3 is 2. The molecule has 0 unspecified atom stereocenters. The Morgan fingerprint density at radius 3 is 2.35 bits per heavy atom. The van der Waals surface area contributed by atoms with E-state index in [1.165, 1.54) is 19.2 Å². The number of hydrogen-bond acceptors (Lipinski definition) is 10. The van der Waals surface area contributed by atoms with Crippen molar-refractivity contribution >= 4 is 17.6 Å². The summed E-state index contributed by atoms with van der Waals surface area (Å²) in [6, 6.07) is 10.4. The Kier molecular flexibility index (Phi) is 9.63. The molecular weight excluding hydrogens is 677 g/mol. The van der Waals surface area contributed by atoms with E-state index in [1.807, 2.05) is 31.0 Å². The van der Waals surface area contributed by atoms with Crippen LogP contribution in [0.25, 0.3) is 0 Å². The molecule has 6 atom stereocenters. The van der Waals surface area contributed by atoms with Gasteiger partial charge in [-0.15, -0.1) is 0 Å². The molecule has 4 aliphatic heterocycles. The first-order valence-electron chi connectivity index (χ1n) is 18.3. The molecule has 7 rings (SSSR count). The van der Waals surface area contributed by atoms with E-state index in [0.717, 1.165) is 68.2 Å². The quantitative estimate of drug-likeness (QED) is 0.283. The fourth-order valence-corrected chi connectivity index (χ4v) is 10.4. The number of rotatable bonds is 10. The zero-order valence-electron chi connectivity index (χ0n) is 30.3. The number of nitrogens with zero attached hydrogens (tertiary/aromatic N) is 4. The van der Waals surface area contributed by atoms with Crippen LogP contribution in [-0.2, 0) is 37.2 Å². The molecule has 52 heavy (non-hydrogen) atoms. The van der Waals surface area contributed by atoms with E-state index in [9.17, 15) is 27.9 Å². The Hall–Kier alpha value is -3.65. The molecule has 13 heteroatoms. The highest BCUT2D eigenvalue weighted by Gasteiger charge is 2.80. The lowest BCUT2D eigenvalue weighted by Gasteiger charge is -2.63. The minimum Gasteiger partial charge on any atom is -0.497 e. The van der Waals surface area contributed by atoms with Gasteiger partial charge < -0.3 is 29.1 Å². The van der Waals surface area contributed by atoms with E-state index >= 15 is 0 Å². The molecule has 10 nitrogen and oxygen atoms in total. The molecule has 1 aliphatic carbocycles. The summed E-state index contributed by atoms with van der Waals surface area (Å²) in [6.45, 7) is 7.81. The average molecular weight is 727 g/mol. The van der Waals surface area contributed by atoms with Crippen molar-refractivity contribution in [2.45, 2.75) is 74.5 Å². The van der Waals surface area contributed by atoms with Gasteiger partial charge in [-0.25, -0.2) is 4.79 Å². The summed E-state index contributed by atoms with van der Waals surface area (Å²) in [5.74, 6) is -0.623. The van der Waals surface area contributed by atoms with Gasteiger partial charge >= 0.3 is 18.1 Å². The van der Waals surface area contributed by atoms with Crippen LogP contribution in [0.1, 0.15) is 49.3 Å². The summed E-state index contributed by atoms with van der Waals surface area (Å²) >= 11 is 0. The number of esters is 2. The molecule has 1 spiro atoms. The van der Waals surface area contributed by atoms with Crippen molar-refractivity contribution in [3.63, 3.8) is 0 Å². The number of fused-ring (bicyclic) bond motifs is 1. The summed E-state index contributed by atoms with van der Waals surface area (Å²) in [5.41, 5.74) is -1.58. The molecule has 0 amide bonds. The number of alkyl halides is 3. The molecule has 5 aliphatic rings. The van der Waals surface area contributed by atoms with E-state index in [1.54, 1.807) is 7.11 Å². The summed E-state index contributed by atoms with van der Waals surface area (Å²) in [7, 11) is 4.76. The maximum absolute atomic E-state index is 14.1. The zero-order chi connectivity index (χ0) is 37.1. The highest BCUT2D eigenvalue weighted by atomic mass is 19.4. The molecule has 0 radical (unpaired) electrons. The van der Waals surface area contributed by atoms with Crippen LogP contribution in [0.5, 0.6) is 5.75 Å². The SMILES string of the molecule is CC[C@]12C=CCN3CC[C@@]4(c5ccc(OC)cc5N(C)[C@H]4[C@@](O)(C(=O)OC)[C@@H]1OC(=O)CCCN1CCN(Cc4ccc(C(F)(F)F)cc4)CC1)[C@@H]32. The molecule has 2 aromatic carbocycles. The second kappa shape index (κ2) is 13.6. The average Bonchev–Trinajstić information content (AvgIpc) is 3.65. The summed E-state index contributed by atoms with van der Waals surface area (Å²) < 4.78 is 56.2. The van der Waals surface area contributed by atoms with E-state index in [-0.39, 0.29) is 12.5 Å². The molecule has 0 bridgehead atoms. The van der Waals surface area contributed by atoms with Crippen LogP contribution in [0.2, 0.25) is 0 Å². The van der Waals surface area contributed by atoms with Crippen LogP contribution in [0.4, 0.5) is 18.9 Å². The van der Waals surface area contributed by atoms with Gasteiger partial charge in [0.15, 0.2) is 6.10 Å². The minimum atomic E-state index is -4.35. The van der Waals surface area contributed by atoms with Crippen molar-refractivity contribution in [2.75, 3.05) is 72.0 Å². The van der Waals surface area contributed by atoms with Gasteiger partial charge in [0.25, 0.3) is 0 Å². The Morgan fingerprint density at radius 1 is 0.981 bits per heavy atom. The van der Waals surface area contributed by atoms with Crippen molar-refractivity contribution in [1.29, 1.82) is 0 Å². The van der Waals surface area contributed by atoms with Crippen molar-refractivity contribution in [3.05, 3.63) is 71.3 Å². The zero-order valence-corrected chi connectivity index (χ0v) is 30.3. The van der Waals surface area contributed by atoms with Gasteiger partial charge in [0.1, 0.15) is 5.75 Å². The lowest BCUT2D eigenvalue weighted by atomic mass is 9.47. The first-order chi connectivity index (χ1) is 24.8. The number of piperazine rings is 1. The number of hydrogen-bond donors (Lipinski definition) is 1. The van der Waals surface area contributed by atoms with Gasteiger partial charge in [-0.1, -0.05) is 37.3 Å². The number of anilines is 1. The van der Waals surface area contributed by atoms with Crippen molar-refractivity contribution < 1.29 is 42.1 Å². The molecule has 2 aromatic rings. The van der Waals surface area contributed by atoms with Gasteiger partial charge in [0, 0.05) is 81.4 Å². The van der Waals surface area contributed by atoms with Crippen molar-refractivity contribution in [1.82, 2.24) is 14.7 Å². The van der Waals surface area contributed by atoms with Gasteiger partial charge in [-0.2, -0.15) is 13.2 Å². The third kappa shape index (κ3) is 5.70. The number of carbonyl (C=O) groups excluding carboxylic acids is 2. The largest absolute Gasteiger partial charge is 0.497 e. The van der Waals surface area contributed by atoms with Gasteiger partial charge in [-0.05, 0) is 61.7 Å². The molecule has 0 aromatic heterocycles. The highest BCUT2D eigenvalue weighted by Crippen LogP contribution is 2.67. The van der Waals surface area contributed by atoms with Crippen LogP contribution in [0, 0.1) is 5.41 Å². The normalized spacial score (nSPS) is 31.5. The Bertz CT molecular complexity index is 1700. The first kappa shape index (κ1) is 36.7. The highest BCUT2D eigenvalue weighted by molar-refractivity contribution is 5.87. The maximum atomic E-state index is 14.1. The first-order valence-corrected chi connectivity index (χ1v) is 18.3. The number of ether oxygens (including phenoxy) is 3. The lowest BCUT2D eigenvalue weighted by Crippen LogP contribution is -2.81. The Balaban J connectivity index is 1.06. The second-order valence-electron chi connectivity index (χ2n) is 15.1. The second-order valence-corrected chi connectivity index (χ2v) is 15.1. The summed E-state index contributed by atoms with van der Waals surface area (Å²) in [4.78, 5) is 36.7. The van der Waals surface area contributed by atoms with Crippen molar-refractivity contribution in [2.24, 2.45) is 5.41 Å². The smallest absolute Gasteiger partial charge is 0.416 e. The van der Waals surface area contributed by atoms with Crippen LogP contribution < -0.4 is 9.64 Å². The van der Waals surface area contributed by atoms with E-state index < -0.39 is 52.3 Å². The lowest BCUT2D eigenvalue weighted by molar-refractivity contribution is -0.229. The van der Waals surface area contributed by atoms with E-state index in [2.05, 4.69) is 32.9 Å². The molecule has 1 N–H and O–H groups in total. The third-order valence-electron chi connectivity index (χ3n) is 12.6. The van der Waals surface area contributed by atoms with E-state index in [0.29, 0.717) is 38.1 Å². The van der Waals surface area contributed by atoms with Gasteiger partial charge in [0.05, 0.1) is 25.8 Å². The standard InChI is InChI=1S/C39H49F3N4O6/c1-5-36-15-7-18-46-19-16-37(32(36)46)29-14-13-28(50-3)24-30(29)43(2)33(37)38(49,35(48)51-4)34(36)52-31(47)8-6-17-44-20-22-45(23-21-44)25-26-9-11-27(12-10-26)39(40,41)42/h7,9-15,24,32-34,49H,5-6,8,16-23,25H2,1-4H3/t32-,33+,34+,36+,37+,38-/m0/s1. The molecule has 1 saturated carbocycles. The fraction of sp³-hybridized carbons (Fsp3) is 0.590. The predicted molar refractivity (Wildman–Crippen MR) is 188 cm³/mol. The van der Waals surface area contributed by atoms with Crippen LogP contribution in [0.3, 0.4) is 0 Å². The monoisotopic (exact) mass is 726 g/mol. The topological polar surface area (TPSA) is 95.0 Å². The van der Waals surface area contributed by atoms with Gasteiger partial charge in [-0.3, -0.25) is 14.6 Å².